The number of hydrogen-bond acceptors (Lipinski definition) is 3. The van der Waals surface area contributed by atoms with Gasteiger partial charge in [0.25, 0.3) is 0 Å². The van der Waals surface area contributed by atoms with Crippen LogP contribution in [-0.4, -0.2) is 19.1 Å². The van der Waals surface area contributed by atoms with Crippen LogP contribution in [0.1, 0.15) is 12.0 Å². The first-order chi connectivity index (χ1) is 7.29. The van der Waals surface area contributed by atoms with Crippen molar-refractivity contribution in [1.82, 2.24) is 5.32 Å². The fraction of sp³-hybridized carbons (Fsp3) is 0.364. The van der Waals surface area contributed by atoms with Crippen LogP contribution in [0.3, 0.4) is 0 Å². The highest BCUT2D eigenvalue weighted by Gasteiger charge is 2.15. The average Bonchev–Trinajstić information content (AvgIpc) is 2.74. The lowest BCUT2D eigenvalue weighted by atomic mass is 10.2. The molecule has 1 aromatic carbocycles. The molecular formula is C11H12FN3. The summed E-state index contributed by atoms with van der Waals surface area (Å²) >= 11 is 0. The minimum atomic E-state index is -0.360. The second-order valence-corrected chi connectivity index (χ2v) is 3.64. The van der Waals surface area contributed by atoms with Crippen LogP contribution in [0.4, 0.5) is 10.1 Å². The summed E-state index contributed by atoms with van der Waals surface area (Å²) < 4.78 is 13.5. The predicted octanol–water partition coefficient (Wildman–Crippen LogP) is 1.47. The number of anilines is 1. The van der Waals surface area contributed by atoms with E-state index in [1.54, 1.807) is 12.1 Å². The van der Waals surface area contributed by atoms with E-state index in [1.165, 1.54) is 6.07 Å². The number of nitrogens with one attached hydrogen (secondary N) is 2. The summed E-state index contributed by atoms with van der Waals surface area (Å²) in [5.74, 6) is -0.360. The van der Waals surface area contributed by atoms with Crippen molar-refractivity contribution in [3.63, 3.8) is 0 Å². The molecule has 0 aromatic heterocycles. The average molecular weight is 205 g/mol. The Labute approximate surface area is 87.9 Å². The summed E-state index contributed by atoms with van der Waals surface area (Å²) in [5, 5.41) is 14.9. The lowest BCUT2D eigenvalue weighted by Crippen LogP contribution is -2.22. The van der Waals surface area contributed by atoms with Gasteiger partial charge in [-0.3, -0.25) is 0 Å². The van der Waals surface area contributed by atoms with E-state index < -0.39 is 0 Å². The number of nitrogens with zero attached hydrogens (tertiary/aromatic N) is 1. The van der Waals surface area contributed by atoms with Crippen LogP contribution in [0.5, 0.6) is 0 Å². The van der Waals surface area contributed by atoms with Crippen LogP contribution in [0.25, 0.3) is 0 Å². The van der Waals surface area contributed by atoms with Gasteiger partial charge in [-0.1, -0.05) is 0 Å². The van der Waals surface area contributed by atoms with E-state index in [0.29, 0.717) is 11.3 Å². The molecule has 1 saturated heterocycles. The SMILES string of the molecule is N#Cc1ccc(NC2CCNC2)c(F)c1. The van der Waals surface area contributed by atoms with E-state index in [1.807, 2.05) is 6.07 Å². The minimum absolute atomic E-state index is 0.285. The Balaban J connectivity index is 2.11. The molecule has 1 aromatic rings. The quantitative estimate of drug-likeness (QED) is 0.768. The maximum Gasteiger partial charge on any atom is 0.147 e. The third-order valence-corrected chi connectivity index (χ3v) is 2.52. The zero-order valence-corrected chi connectivity index (χ0v) is 8.26. The van der Waals surface area contributed by atoms with Crippen molar-refractivity contribution in [3.05, 3.63) is 29.6 Å². The first-order valence-corrected chi connectivity index (χ1v) is 4.96. The normalized spacial score (nSPS) is 19.9. The summed E-state index contributed by atoms with van der Waals surface area (Å²) in [6.07, 6.45) is 0.999. The van der Waals surface area contributed by atoms with Crippen molar-refractivity contribution >= 4 is 5.69 Å². The largest absolute Gasteiger partial charge is 0.379 e. The Bertz CT molecular complexity index is 391. The Kier molecular flexibility index (Phi) is 2.84. The number of hydrogen-bond donors (Lipinski definition) is 2. The molecule has 0 bridgehead atoms. The van der Waals surface area contributed by atoms with Crippen LogP contribution < -0.4 is 10.6 Å². The third-order valence-electron chi connectivity index (χ3n) is 2.52. The Hall–Kier alpha value is -1.60. The number of rotatable bonds is 2. The molecule has 0 radical (unpaired) electrons. The van der Waals surface area contributed by atoms with Crippen molar-refractivity contribution in [2.75, 3.05) is 18.4 Å². The van der Waals surface area contributed by atoms with Crippen molar-refractivity contribution in [1.29, 1.82) is 5.26 Å². The van der Waals surface area contributed by atoms with Gasteiger partial charge >= 0.3 is 0 Å². The monoisotopic (exact) mass is 205 g/mol. The number of benzene rings is 1. The zero-order valence-electron chi connectivity index (χ0n) is 8.26. The highest BCUT2D eigenvalue weighted by Crippen LogP contribution is 2.17. The standard InChI is InChI=1S/C11H12FN3/c12-10-5-8(6-13)1-2-11(10)15-9-3-4-14-7-9/h1-2,5,9,14-15H,3-4,7H2. The molecule has 78 valence electrons. The van der Waals surface area contributed by atoms with Crippen LogP contribution in [0, 0.1) is 17.1 Å². The Morgan fingerprint density at radius 2 is 2.40 bits per heavy atom. The van der Waals surface area contributed by atoms with Gasteiger partial charge in [-0.05, 0) is 31.2 Å². The van der Waals surface area contributed by atoms with E-state index in [4.69, 9.17) is 5.26 Å². The van der Waals surface area contributed by atoms with E-state index in [-0.39, 0.29) is 11.9 Å². The van der Waals surface area contributed by atoms with E-state index in [0.717, 1.165) is 19.5 Å². The van der Waals surface area contributed by atoms with E-state index in [2.05, 4.69) is 10.6 Å². The molecule has 1 fully saturated rings. The van der Waals surface area contributed by atoms with Crippen LogP contribution in [0.2, 0.25) is 0 Å². The molecule has 1 aliphatic heterocycles. The van der Waals surface area contributed by atoms with Crippen molar-refractivity contribution in [3.8, 4) is 6.07 Å². The fourth-order valence-electron chi connectivity index (χ4n) is 1.70. The molecule has 1 aliphatic rings. The molecule has 0 spiro atoms. The van der Waals surface area contributed by atoms with Gasteiger partial charge in [-0.15, -0.1) is 0 Å². The van der Waals surface area contributed by atoms with E-state index in [9.17, 15) is 4.39 Å². The molecule has 1 heterocycles. The summed E-state index contributed by atoms with van der Waals surface area (Å²) in [5.41, 5.74) is 0.824. The number of nitriles is 1. The highest BCUT2D eigenvalue weighted by atomic mass is 19.1. The highest BCUT2D eigenvalue weighted by molar-refractivity contribution is 5.49. The summed E-state index contributed by atoms with van der Waals surface area (Å²) in [6, 6.07) is 6.68. The van der Waals surface area contributed by atoms with Gasteiger partial charge in [-0.25, -0.2) is 4.39 Å². The zero-order chi connectivity index (χ0) is 10.7. The Morgan fingerprint density at radius 3 is 3.00 bits per heavy atom. The molecular weight excluding hydrogens is 193 g/mol. The fourth-order valence-corrected chi connectivity index (χ4v) is 1.70. The van der Waals surface area contributed by atoms with Gasteiger partial charge < -0.3 is 10.6 Å². The lowest BCUT2D eigenvalue weighted by molar-refractivity contribution is 0.625. The summed E-state index contributed by atoms with van der Waals surface area (Å²) in [4.78, 5) is 0. The Morgan fingerprint density at radius 1 is 1.53 bits per heavy atom. The molecule has 1 unspecified atom stereocenters. The summed E-state index contributed by atoms with van der Waals surface area (Å²) in [6.45, 7) is 1.83. The molecule has 2 N–H and O–H groups in total. The van der Waals surface area contributed by atoms with Crippen LogP contribution >= 0.6 is 0 Å². The first-order valence-electron chi connectivity index (χ1n) is 4.96. The molecule has 1 atom stereocenters. The van der Waals surface area contributed by atoms with Gasteiger partial charge in [0.1, 0.15) is 5.82 Å². The minimum Gasteiger partial charge on any atom is -0.379 e. The molecule has 15 heavy (non-hydrogen) atoms. The van der Waals surface area contributed by atoms with Gasteiger partial charge in [0, 0.05) is 12.6 Å². The number of halogens is 1. The molecule has 3 nitrogen and oxygen atoms in total. The predicted molar refractivity (Wildman–Crippen MR) is 56.0 cm³/mol. The maximum atomic E-state index is 13.5. The van der Waals surface area contributed by atoms with Gasteiger partial charge in [0.15, 0.2) is 0 Å². The molecule has 2 rings (SSSR count). The smallest absolute Gasteiger partial charge is 0.147 e. The lowest BCUT2D eigenvalue weighted by Gasteiger charge is -2.13. The third kappa shape index (κ3) is 2.25. The summed E-state index contributed by atoms with van der Waals surface area (Å²) in [7, 11) is 0. The van der Waals surface area contributed by atoms with Gasteiger partial charge in [0.2, 0.25) is 0 Å². The van der Waals surface area contributed by atoms with Crippen LogP contribution in [0.15, 0.2) is 18.2 Å². The first kappa shape index (κ1) is 9.94. The van der Waals surface area contributed by atoms with E-state index >= 15 is 0 Å². The van der Waals surface area contributed by atoms with Crippen molar-refractivity contribution in [2.45, 2.75) is 12.5 Å². The topological polar surface area (TPSA) is 47.9 Å². The molecule has 0 amide bonds. The second kappa shape index (κ2) is 4.28. The van der Waals surface area contributed by atoms with Gasteiger partial charge in [-0.2, -0.15) is 5.26 Å². The molecule has 0 aliphatic carbocycles. The van der Waals surface area contributed by atoms with Gasteiger partial charge in [0.05, 0.1) is 17.3 Å². The maximum absolute atomic E-state index is 13.5. The molecule has 4 heteroatoms. The van der Waals surface area contributed by atoms with Crippen molar-refractivity contribution < 1.29 is 4.39 Å². The second-order valence-electron chi connectivity index (χ2n) is 3.64. The van der Waals surface area contributed by atoms with Crippen LogP contribution in [-0.2, 0) is 0 Å². The molecule has 0 saturated carbocycles. The van der Waals surface area contributed by atoms with Crippen molar-refractivity contribution in [2.24, 2.45) is 0 Å².